The lowest BCUT2D eigenvalue weighted by Gasteiger charge is -2.11. The van der Waals surface area contributed by atoms with Crippen LogP contribution in [-0.2, 0) is 6.54 Å². The first-order valence-corrected chi connectivity index (χ1v) is 8.51. The van der Waals surface area contributed by atoms with Gasteiger partial charge in [0.15, 0.2) is 11.2 Å². The van der Waals surface area contributed by atoms with E-state index in [1.807, 2.05) is 62.3 Å². The molecule has 4 aromatic rings. The Kier molecular flexibility index (Phi) is 4.00. The smallest absolute Gasteiger partial charge is 0.280 e. The van der Waals surface area contributed by atoms with Crippen molar-refractivity contribution < 1.29 is 0 Å². The molecule has 0 unspecified atom stereocenters. The maximum Gasteiger partial charge on any atom is 0.280 e. The fourth-order valence-corrected chi connectivity index (χ4v) is 3.12. The lowest BCUT2D eigenvalue weighted by molar-refractivity contribution is 0.381. The molecule has 0 N–H and O–H groups in total. The van der Waals surface area contributed by atoms with Crippen LogP contribution in [0.5, 0.6) is 0 Å². The van der Waals surface area contributed by atoms with Crippen molar-refractivity contribution in [2.24, 2.45) is 0 Å². The van der Waals surface area contributed by atoms with Crippen molar-refractivity contribution in [2.75, 3.05) is 20.6 Å². The molecule has 0 aliphatic rings. The van der Waals surface area contributed by atoms with Crippen molar-refractivity contribution in [3.05, 3.63) is 58.6 Å². The number of likely N-dealkylation sites (N-methyl/N-ethyl adjacent to an activating group) is 1. The van der Waals surface area contributed by atoms with E-state index in [9.17, 15) is 4.79 Å². The van der Waals surface area contributed by atoms with Crippen molar-refractivity contribution in [1.82, 2.24) is 29.3 Å². The van der Waals surface area contributed by atoms with E-state index < -0.39 is 0 Å². The zero-order chi connectivity index (χ0) is 18.3. The van der Waals surface area contributed by atoms with Crippen molar-refractivity contribution in [2.45, 2.75) is 13.5 Å². The van der Waals surface area contributed by atoms with Gasteiger partial charge in [-0.05, 0) is 32.6 Å². The fraction of sp³-hybridized carbons (Fsp3) is 0.263. The minimum absolute atomic E-state index is 0.145. The quantitative estimate of drug-likeness (QED) is 0.564. The summed E-state index contributed by atoms with van der Waals surface area (Å²) in [6, 6.07) is 11.9. The Labute approximate surface area is 150 Å². The molecule has 0 saturated carbocycles. The first kappa shape index (κ1) is 16.4. The lowest BCUT2D eigenvalue weighted by Crippen LogP contribution is -2.27. The molecule has 0 amide bonds. The molecule has 0 fully saturated rings. The van der Waals surface area contributed by atoms with Gasteiger partial charge in [0, 0.05) is 19.3 Å². The monoisotopic (exact) mass is 348 g/mol. The van der Waals surface area contributed by atoms with Crippen LogP contribution in [0.15, 0.2) is 47.4 Å². The highest BCUT2D eigenvalue weighted by Gasteiger charge is 2.17. The van der Waals surface area contributed by atoms with E-state index in [4.69, 9.17) is 0 Å². The molecule has 3 heterocycles. The molecule has 0 saturated heterocycles. The molecule has 1 aromatic carbocycles. The van der Waals surface area contributed by atoms with Crippen LogP contribution in [0.4, 0.5) is 0 Å². The molecule has 0 aliphatic heterocycles. The number of benzene rings is 1. The molecule has 4 rings (SSSR count). The average molecular weight is 348 g/mol. The van der Waals surface area contributed by atoms with Gasteiger partial charge in [-0.1, -0.05) is 30.3 Å². The van der Waals surface area contributed by atoms with Gasteiger partial charge < -0.3 is 9.47 Å². The topological polar surface area (TPSA) is 68.3 Å². The Morgan fingerprint density at radius 2 is 1.85 bits per heavy atom. The summed E-state index contributed by atoms with van der Waals surface area (Å²) in [4.78, 5) is 14.8. The van der Waals surface area contributed by atoms with Crippen LogP contribution in [0, 0.1) is 6.92 Å². The molecule has 132 valence electrons. The van der Waals surface area contributed by atoms with E-state index in [1.165, 1.54) is 0 Å². The summed E-state index contributed by atoms with van der Waals surface area (Å²) in [5.41, 5.74) is 4.35. The zero-order valence-electron chi connectivity index (χ0n) is 15.0. The summed E-state index contributed by atoms with van der Waals surface area (Å²) in [6.45, 7) is 3.33. The van der Waals surface area contributed by atoms with Crippen molar-refractivity contribution in [3.8, 4) is 11.1 Å². The van der Waals surface area contributed by atoms with E-state index >= 15 is 0 Å². The average Bonchev–Trinajstić information content (AvgIpc) is 2.98. The highest BCUT2D eigenvalue weighted by atomic mass is 16.1. The number of aryl methyl sites for hydroxylation is 1. The van der Waals surface area contributed by atoms with Gasteiger partial charge in [0.25, 0.3) is 5.56 Å². The molecule has 7 nitrogen and oxygen atoms in total. The largest absolute Gasteiger partial charge is 0.312 e. The van der Waals surface area contributed by atoms with E-state index in [2.05, 4.69) is 15.3 Å². The second-order valence-corrected chi connectivity index (χ2v) is 6.61. The third-order valence-corrected chi connectivity index (χ3v) is 4.48. The van der Waals surface area contributed by atoms with Crippen LogP contribution in [-0.4, -0.2) is 49.9 Å². The Morgan fingerprint density at radius 3 is 2.58 bits per heavy atom. The van der Waals surface area contributed by atoms with Gasteiger partial charge in [0.05, 0.1) is 11.3 Å². The third-order valence-electron chi connectivity index (χ3n) is 4.48. The number of rotatable bonds is 4. The predicted octanol–water partition coefficient (Wildman–Crippen LogP) is 1.98. The van der Waals surface area contributed by atoms with Gasteiger partial charge in [-0.3, -0.25) is 4.79 Å². The van der Waals surface area contributed by atoms with Crippen LogP contribution in [0.3, 0.4) is 0 Å². The van der Waals surface area contributed by atoms with Gasteiger partial charge >= 0.3 is 0 Å². The second kappa shape index (κ2) is 6.34. The number of aromatic nitrogens is 5. The Morgan fingerprint density at radius 1 is 1.08 bits per heavy atom. The summed E-state index contributed by atoms with van der Waals surface area (Å²) in [6.07, 6.45) is 1.80. The van der Waals surface area contributed by atoms with Gasteiger partial charge in [-0.25, -0.2) is 4.52 Å². The van der Waals surface area contributed by atoms with Crippen LogP contribution in [0.2, 0.25) is 0 Å². The normalized spacial score (nSPS) is 11.7. The molecular formula is C19H20N6O. The molecule has 0 spiro atoms. The van der Waals surface area contributed by atoms with Gasteiger partial charge in [-0.2, -0.15) is 5.10 Å². The highest BCUT2D eigenvalue weighted by Crippen LogP contribution is 2.27. The summed E-state index contributed by atoms with van der Waals surface area (Å²) in [5, 5.41) is 13.2. The third kappa shape index (κ3) is 2.66. The summed E-state index contributed by atoms with van der Waals surface area (Å²) < 4.78 is 3.38. The summed E-state index contributed by atoms with van der Waals surface area (Å²) in [7, 11) is 3.96. The minimum atomic E-state index is -0.145. The highest BCUT2D eigenvalue weighted by molar-refractivity contribution is 5.84. The van der Waals surface area contributed by atoms with Crippen molar-refractivity contribution in [1.29, 1.82) is 0 Å². The number of fused-ring (bicyclic) bond motifs is 3. The summed E-state index contributed by atoms with van der Waals surface area (Å²) >= 11 is 0. The number of nitrogens with zero attached hydrogens (tertiary/aromatic N) is 6. The minimum Gasteiger partial charge on any atom is -0.312 e. The molecule has 3 aromatic heterocycles. The predicted molar refractivity (Wildman–Crippen MR) is 101 cm³/mol. The standard InChI is InChI=1S/C19H20N6O/c1-13-16(14-7-5-4-6-8-14)18-21-20-17-15(25(18)22-13)9-10-24(19(17)26)12-11-23(2)3/h4-10H,11-12H2,1-3H3. The molecule has 0 atom stereocenters. The molecular weight excluding hydrogens is 328 g/mol. The first-order valence-electron chi connectivity index (χ1n) is 8.51. The van der Waals surface area contributed by atoms with Crippen molar-refractivity contribution in [3.63, 3.8) is 0 Å². The Bertz CT molecular complexity index is 1140. The molecule has 0 radical (unpaired) electrons. The number of pyridine rings is 1. The molecule has 0 bridgehead atoms. The molecule has 7 heteroatoms. The van der Waals surface area contributed by atoms with E-state index in [0.717, 1.165) is 23.4 Å². The van der Waals surface area contributed by atoms with Crippen LogP contribution in [0.1, 0.15) is 5.69 Å². The number of hydrogen-bond donors (Lipinski definition) is 0. The Hall–Kier alpha value is -3.06. The van der Waals surface area contributed by atoms with Gasteiger partial charge in [0.2, 0.25) is 0 Å². The number of hydrogen-bond acceptors (Lipinski definition) is 5. The van der Waals surface area contributed by atoms with E-state index in [0.29, 0.717) is 23.2 Å². The first-order chi connectivity index (χ1) is 12.6. The fourth-order valence-electron chi connectivity index (χ4n) is 3.12. The van der Waals surface area contributed by atoms with Crippen LogP contribution in [0.25, 0.3) is 27.8 Å². The molecule has 26 heavy (non-hydrogen) atoms. The SMILES string of the molecule is Cc1nn2c(nnc3c(=O)n(CCN(C)C)ccc32)c1-c1ccccc1. The van der Waals surface area contributed by atoms with Gasteiger partial charge in [-0.15, -0.1) is 10.2 Å². The molecule has 0 aliphatic carbocycles. The van der Waals surface area contributed by atoms with Crippen LogP contribution >= 0.6 is 0 Å². The lowest BCUT2D eigenvalue weighted by atomic mass is 10.1. The maximum atomic E-state index is 12.7. The van der Waals surface area contributed by atoms with Crippen LogP contribution < -0.4 is 5.56 Å². The second-order valence-electron chi connectivity index (χ2n) is 6.61. The van der Waals surface area contributed by atoms with E-state index in [-0.39, 0.29) is 5.56 Å². The Balaban J connectivity index is 1.92. The van der Waals surface area contributed by atoms with Gasteiger partial charge in [0.1, 0.15) is 5.52 Å². The van der Waals surface area contributed by atoms with Crippen molar-refractivity contribution >= 4 is 16.7 Å². The van der Waals surface area contributed by atoms with E-state index in [1.54, 1.807) is 15.3 Å². The zero-order valence-corrected chi connectivity index (χ0v) is 15.0. The maximum absolute atomic E-state index is 12.7. The summed E-state index contributed by atoms with van der Waals surface area (Å²) in [5.74, 6) is 0.